The molecule has 0 N–H and O–H groups in total. The molecule has 0 radical (unpaired) electrons. The van der Waals surface area contributed by atoms with Gasteiger partial charge in [-0.2, -0.15) is 0 Å². The predicted octanol–water partition coefficient (Wildman–Crippen LogP) is 8.03. The van der Waals surface area contributed by atoms with E-state index in [1.807, 2.05) is 60.7 Å². The Morgan fingerprint density at radius 3 is 1.13 bits per heavy atom. The van der Waals surface area contributed by atoms with Gasteiger partial charge in [-0.25, -0.2) is 9.59 Å². The fourth-order valence-electron chi connectivity index (χ4n) is 4.54. The second-order valence-electron chi connectivity index (χ2n) is 10.7. The molecule has 0 amide bonds. The monoisotopic (exact) mass is 622 g/mol. The molecular weight excluding hydrogens is 584 g/mol. The zero-order valence-electron chi connectivity index (χ0n) is 25.7. The summed E-state index contributed by atoms with van der Waals surface area (Å²) in [5.41, 5.74) is 2.58. The summed E-state index contributed by atoms with van der Waals surface area (Å²) in [6.07, 6.45) is 5.68. The second kappa shape index (κ2) is 18.5. The number of ether oxygens (including phenoxy) is 4. The fourth-order valence-corrected chi connectivity index (χ4v) is 4.54. The van der Waals surface area contributed by atoms with Gasteiger partial charge in [0.2, 0.25) is 0 Å². The highest BCUT2D eigenvalue weighted by Crippen LogP contribution is 2.17. The minimum absolute atomic E-state index is 0.191. The molecule has 8 nitrogen and oxygen atoms in total. The van der Waals surface area contributed by atoms with Gasteiger partial charge in [-0.1, -0.05) is 86.3 Å². The maximum absolute atomic E-state index is 12.2. The lowest BCUT2D eigenvalue weighted by Crippen LogP contribution is -2.09. The molecule has 46 heavy (non-hydrogen) atoms. The number of esters is 4. The molecule has 0 atom stereocenters. The molecule has 8 heteroatoms. The summed E-state index contributed by atoms with van der Waals surface area (Å²) in [5.74, 6) is -0.756. The van der Waals surface area contributed by atoms with E-state index in [1.165, 1.54) is 0 Å². The van der Waals surface area contributed by atoms with Crippen molar-refractivity contribution < 1.29 is 38.1 Å². The molecule has 0 aliphatic rings. The molecule has 0 saturated carbocycles. The number of benzene rings is 4. The van der Waals surface area contributed by atoms with Crippen LogP contribution in [0.1, 0.15) is 83.2 Å². The summed E-state index contributed by atoms with van der Waals surface area (Å²) in [4.78, 5) is 48.9. The number of rotatable bonds is 17. The molecule has 0 spiro atoms. The normalized spacial score (nSPS) is 10.5. The lowest BCUT2D eigenvalue weighted by atomic mass is 10.1. The Kier molecular flexibility index (Phi) is 13.6. The van der Waals surface area contributed by atoms with E-state index in [2.05, 4.69) is 0 Å². The van der Waals surface area contributed by atoms with Crippen LogP contribution in [0.5, 0.6) is 11.5 Å². The highest BCUT2D eigenvalue weighted by atomic mass is 16.5. The smallest absolute Gasteiger partial charge is 0.338 e. The number of hydrogen-bond acceptors (Lipinski definition) is 8. The van der Waals surface area contributed by atoms with Crippen LogP contribution in [0.3, 0.4) is 0 Å². The molecule has 0 aromatic heterocycles. The van der Waals surface area contributed by atoms with E-state index in [1.54, 1.807) is 48.5 Å². The minimum atomic E-state index is -0.441. The Bertz CT molecular complexity index is 1410. The third-order valence-electron chi connectivity index (χ3n) is 7.08. The lowest BCUT2D eigenvalue weighted by molar-refractivity contribution is -0.135. The third kappa shape index (κ3) is 12.0. The minimum Gasteiger partial charge on any atom is -0.457 e. The van der Waals surface area contributed by atoms with Crippen LogP contribution in [-0.2, 0) is 32.3 Å². The van der Waals surface area contributed by atoms with Gasteiger partial charge in [-0.15, -0.1) is 0 Å². The number of hydrogen-bond donors (Lipinski definition) is 0. The molecule has 238 valence electrons. The van der Waals surface area contributed by atoms with Gasteiger partial charge >= 0.3 is 23.9 Å². The maximum atomic E-state index is 12.2. The van der Waals surface area contributed by atoms with Crippen molar-refractivity contribution in [2.45, 2.75) is 64.6 Å². The van der Waals surface area contributed by atoms with Gasteiger partial charge in [0, 0.05) is 12.8 Å². The van der Waals surface area contributed by atoms with Crippen molar-refractivity contribution in [1.29, 1.82) is 0 Å². The summed E-state index contributed by atoms with van der Waals surface area (Å²) in [5, 5.41) is 0. The van der Waals surface area contributed by atoms with Crippen LogP contribution in [0.25, 0.3) is 0 Å². The molecule has 4 aromatic carbocycles. The summed E-state index contributed by atoms with van der Waals surface area (Å²) in [6.45, 7) is 0.381. The van der Waals surface area contributed by atoms with E-state index in [-0.39, 0.29) is 25.2 Å². The van der Waals surface area contributed by atoms with Crippen molar-refractivity contribution in [3.05, 3.63) is 131 Å². The van der Waals surface area contributed by atoms with Crippen molar-refractivity contribution in [3.63, 3.8) is 0 Å². The summed E-state index contributed by atoms with van der Waals surface area (Å²) >= 11 is 0. The Labute approximate surface area is 269 Å². The first kappa shape index (κ1) is 33.6. The van der Waals surface area contributed by atoms with Gasteiger partial charge in [0.25, 0.3) is 0 Å². The third-order valence-corrected chi connectivity index (χ3v) is 7.08. The molecule has 0 heterocycles. The van der Waals surface area contributed by atoms with Crippen LogP contribution in [0.2, 0.25) is 0 Å². The van der Waals surface area contributed by atoms with E-state index in [9.17, 15) is 19.2 Å². The highest BCUT2D eigenvalue weighted by molar-refractivity contribution is 5.90. The van der Waals surface area contributed by atoms with Crippen molar-refractivity contribution in [3.8, 4) is 11.5 Å². The van der Waals surface area contributed by atoms with Gasteiger partial charge < -0.3 is 18.9 Å². The van der Waals surface area contributed by atoms with Crippen LogP contribution < -0.4 is 9.47 Å². The van der Waals surface area contributed by atoms with Gasteiger partial charge in [0.05, 0.1) is 11.1 Å². The van der Waals surface area contributed by atoms with Crippen LogP contribution in [0, 0.1) is 0 Å². The van der Waals surface area contributed by atoms with Gasteiger partial charge in [-0.3, -0.25) is 9.59 Å². The second-order valence-corrected chi connectivity index (χ2v) is 10.7. The quantitative estimate of drug-likeness (QED) is 0.0662. The molecule has 4 aromatic rings. The van der Waals surface area contributed by atoms with Crippen LogP contribution in [0.15, 0.2) is 109 Å². The van der Waals surface area contributed by atoms with Crippen LogP contribution >= 0.6 is 0 Å². The highest BCUT2D eigenvalue weighted by Gasteiger charge is 2.11. The largest absolute Gasteiger partial charge is 0.457 e. The van der Waals surface area contributed by atoms with Gasteiger partial charge in [0.1, 0.15) is 24.7 Å². The van der Waals surface area contributed by atoms with E-state index < -0.39 is 11.9 Å². The van der Waals surface area contributed by atoms with Gasteiger partial charge in [-0.05, 0) is 72.5 Å². The molecule has 0 saturated heterocycles. The maximum Gasteiger partial charge on any atom is 0.338 e. The number of carbonyl (C=O) groups excluding carboxylic acids is 4. The van der Waals surface area contributed by atoms with Crippen molar-refractivity contribution in [2.75, 3.05) is 0 Å². The topological polar surface area (TPSA) is 105 Å². The fraction of sp³-hybridized carbons (Fsp3) is 0.263. The lowest BCUT2D eigenvalue weighted by Gasteiger charge is -2.07. The van der Waals surface area contributed by atoms with Crippen molar-refractivity contribution in [2.24, 2.45) is 0 Å². The molecular formula is C38H38O8. The number of carbonyl (C=O) groups is 4. The number of unbranched alkanes of at least 4 members (excludes halogenated alkanes) is 5. The van der Waals surface area contributed by atoms with Crippen LogP contribution in [0.4, 0.5) is 0 Å². The first-order chi connectivity index (χ1) is 22.5. The molecule has 0 unspecified atom stereocenters. The Morgan fingerprint density at radius 2 is 0.761 bits per heavy atom. The Morgan fingerprint density at radius 1 is 0.413 bits per heavy atom. The SMILES string of the molecule is O=C(CCCCCCCCC(=O)Oc1ccc(C(=O)OCc2ccccc2)cc1)Oc1ccc(C(=O)OCc2ccccc2)cc1. The Balaban J connectivity index is 1.01. The predicted molar refractivity (Wildman–Crippen MR) is 172 cm³/mol. The summed E-state index contributed by atoms with van der Waals surface area (Å²) in [7, 11) is 0. The van der Waals surface area contributed by atoms with E-state index in [0.717, 1.165) is 36.8 Å². The summed E-state index contributed by atoms with van der Waals surface area (Å²) < 4.78 is 21.4. The zero-order valence-corrected chi connectivity index (χ0v) is 25.7. The van der Waals surface area contributed by atoms with Crippen molar-refractivity contribution in [1.82, 2.24) is 0 Å². The van der Waals surface area contributed by atoms with E-state index in [4.69, 9.17) is 18.9 Å². The van der Waals surface area contributed by atoms with Crippen LogP contribution in [-0.4, -0.2) is 23.9 Å². The molecule has 0 aliphatic carbocycles. The molecule has 0 bridgehead atoms. The van der Waals surface area contributed by atoms with E-state index >= 15 is 0 Å². The Hall–Kier alpha value is -5.24. The average molecular weight is 623 g/mol. The average Bonchev–Trinajstić information content (AvgIpc) is 3.09. The molecule has 4 rings (SSSR count). The molecule has 0 aliphatic heterocycles. The molecule has 0 fully saturated rings. The van der Waals surface area contributed by atoms with Gasteiger partial charge in [0.15, 0.2) is 0 Å². The standard InChI is InChI=1S/C38H38O8/c39-35(45-33-23-19-31(20-24-33)37(41)43-27-29-13-7-5-8-14-29)17-11-3-1-2-4-12-18-36(40)46-34-25-21-32(22-26-34)38(42)44-28-30-15-9-6-10-16-30/h5-10,13-16,19-26H,1-4,11-12,17-18,27-28H2. The first-order valence-electron chi connectivity index (χ1n) is 15.5. The summed E-state index contributed by atoms with van der Waals surface area (Å²) in [6, 6.07) is 31.5. The van der Waals surface area contributed by atoms with Crippen molar-refractivity contribution >= 4 is 23.9 Å². The zero-order chi connectivity index (χ0) is 32.4. The van der Waals surface area contributed by atoms with E-state index in [0.29, 0.717) is 48.3 Å². The first-order valence-corrected chi connectivity index (χ1v) is 15.5.